The molecule has 0 spiro atoms. The van der Waals surface area contributed by atoms with E-state index in [1.165, 1.54) is 167 Å². The van der Waals surface area contributed by atoms with Crippen LogP contribution in [0.5, 0.6) is 0 Å². The van der Waals surface area contributed by atoms with Crippen molar-refractivity contribution >= 4 is 0 Å². The second-order valence-corrected chi connectivity index (χ2v) is 13.1. The van der Waals surface area contributed by atoms with E-state index in [2.05, 4.69) is 45.1 Å². The molecule has 3 heteroatoms. The number of allylic oxidation sites excluding steroid dienone is 4. The first-order valence-electron chi connectivity index (χ1n) is 19.9. The Morgan fingerprint density at radius 1 is 0.364 bits per heavy atom. The van der Waals surface area contributed by atoms with Gasteiger partial charge in [0.1, 0.15) is 6.10 Å². The van der Waals surface area contributed by atoms with Crippen molar-refractivity contribution in [1.29, 1.82) is 0 Å². The average molecular weight is 621 g/mol. The normalized spacial score (nSPS) is 12.7. The van der Waals surface area contributed by atoms with Gasteiger partial charge in [-0.15, -0.1) is 0 Å². The van der Waals surface area contributed by atoms with Gasteiger partial charge < -0.3 is 14.2 Å². The van der Waals surface area contributed by atoms with Crippen molar-refractivity contribution < 1.29 is 14.2 Å². The fourth-order valence-electron chi connectivity index (χ4n) is 5.66. The molecule has 0 saturated carbocycles. The summed E-state index contributed by atoms with van der Waals surface area (Å²) in [6, 6.07) is 0. The summed E-state index contributed by atoms with van der Waals surface area (Å²) < 4.78 is 17.8. The van der Waals surface area contributed by atoms with Crippen LogP contribution >= 0.6 is 0 Å². The molecule has 1 atom stereocenters. The SMILES string of the molecule is CCCCCCCC/C=C\CCCCCCCCOCC(COCC)OCCCCCCCC/C=C\CCCCCCCC. The highest BCUT2D eigenvalue weighted by atomic mass is 16.6. The van der Waals surface area contributed by atoms with Crippen LogP contribution in [0.15, 0.2) is 24.3 Å². The maximum Gasteiger partial charge on any atom is 0.104 e. The molecule has 44 heavy (non-hydrogen) atoms. The Balaban J connectivity index is 3.51. The van der Waals surface area contributed by atoms with Crippen molar-refractivity contribution in [2.24, 2.45) is 0 Å². The minimum absolute atomic E-state index is 0.0761. The molecule has 0 N–H and O–H groups in total. The fourth-order valence-corrected chi connectivity index (χ4v) is 5.66. The standard InChI is InChI=1S/C41H80O3/c1-4-7-9-11-13-15-17-19-21-23-25-27-29-31-33-35-37-43-40-41(39-42-6-3)44-38-36-34-32-30-28-26-24-22-20-18-16-14-12-10-8-5-2/h19-22,41H,4-18,23-40H2,1-3H3/b21-19-,22-20-. The predicted octanol–water partition coefficient (Wildman–Crippen LogP) is 13.5. The van der Waals surface area contributed by atoms with E-state index >= 15 is 0 Å². The maximum absolute atomic E-state index is 6.13. The zero-order valence-electron chi connectivity index (χ0n) is 30.4. The third-order valence-corrected chi connectivity index (χ3v) is 8.62. The summed E-state index contributed by atoms with van der Waals surface area (Å²) in [6.45, 7) is 10.4. The molecule has 0 amide bonds. The van der Waals surface area contributed by atoms with Crippen LogP contribution in [0.25, 0.3) is 0 Å². The lowest BCUT2D eigenvalue weighted by molar-refractivity contribution is -0.0594. The van der Waals surface area contributed by atoms with E-state index in [4.69, 9.17) is 14.2 Å². The Kier molecular flexibility index (Phi) is 39.8. The summed E-state index contributed by atoms with van der Waals surface area (Å²) in [5, 5.41) is 0. The van der Waals surface area contributed by atoms with Crippen LogP contribution in [0.1, 0.15) is 201 Å². The van der Waals surface area contributed by atoms with Gasteiger partial charge in [-0.2, -0.15) is 0 Å². The van der Waals surface area contributed by atoms with Crippen LogP contribution in [-0.4, -0.2) is 39.1 Å². The zero-order chi connectivity index (χ0) is 31.9. The highest BCUT2D eigenvalue weighted by Gasteiger charge is 2.09. The predicted molar refractivity (Wildman–Crippen MR) is 196 cm³/mol. The summed E-state index contributed by atoms with van der Waals surface area (Å²) in [4.78, 5) is 0. The molecule has 3 nitrogen and oxygen atoms in total. The van der Waals surface area contributed by atoms with Gasteiger partial charge in [-0.25, -0.2) is 0 Å². The molecule has 1 unspecified atom stereocenters. The molecule has 0 saturated heterocycles. The smallest absolute Gasteiger partial charge is 0.104 e. The minimum atomic E-state index is 0.0761. The summed E-state index contributed by atoms with van der Waals surface area (Å²) in [6.07, 6.45) is 47.2. The molecule has 0 radical (unpaired) electrons. The number of rotatable bonds is 38. The van der Waals surface area contributed by atoms with Crippen LogP contribution in [0, 0.1) is 0 Å². The highest BCUT2D eigenvalue weighted by Crippen LogP contribution is 2.12. The Morgan fingerprint density at radius 3 is 1.11 bits per heavy atom. The summed E-state index contributed by atoms with van der Waals surface area (Å²) in [5.41, 5.74) is 0. The van der Waals surface area contributed by atoms with E-state index in [1.807, 2.05) is 0 Å². The quantitative estimate of drug-likeness (QED) is 0.0507. The first-order valence-corrected chi connectivity index (χ1v) is 19.9. The molecular formula is C41H80O3. The van der Waals surface area contributed by atoms with Gasteiger partial charge in [0, 0.05) is 19.8 Å². The molecule has 0 bridgehead atoms. The second kappa shape index (κ2) is 40.4. The van der Waals surface area contributed by atoms with Crippen molar-refractivity contribution in [2.45, 2.75) is 207 Å². The molecule has 0 fully saturated rings. The Bertz CT molecular complexity index is 558. The van der Waals surface area contributed by atoms with Gasteiger partial charge in [0.15, 0.2) is 0 Å². The van der Waals surface area contributed by atoms with Crippen LogP contribution in [0.4, 0.5) is 0 Å². The molecule has 262 valence electrons. The fraction of sp³-hybridized carbons (Fsp3) is 0.902. The number of ether oxygens (including phenoxy) is 3. The van der Waals surface area contributed by atoms with Gasteiger partial charge in [0.2, 0.25) is 0 Å². The van der Waals surface area contributed by atoms with Crippen LogP contribution in [0.2, 0.25) is 0 Å². The average Bonchev–Trinajstić information content (AvgIpc) is 3.04. The zero-order valence-corrected chi connectivity index (χ0v) is 30.4. The van der Waals surface area contributed by atoms with E-state index in [0.717, 1.165) is 32.7 Å². The molecule has 0 rings (SSSR count). The molecule has 0 aromatic heterocycles. The van der Waals surface area contributed by atoms with E-state index in [-0.39, 0.29) is 6.10 Å². The minimum Gasteiger partial charge on any atom is -0.379 e. The van der Waals surface area contributed by atoms with Crippen LogP contribution in [-0.2, 0) is 14.2 Å². The first kappa shape index (κ1) is 43.4. The van der Waals surface area contributed by atoms with E-state index in [1.54, 1.807) is 0 Å². The Morgan fingerprint density at radius 2 is 0.705 bits per heavy atom. The van der Waals surface area contributed by atoms with Gasteiger partial charge in [-0.1, -0.05) is 154 Å². The molecule has 0 aromatic carbocycles. The van der Waals surface area contributed by atoms with Gasteiger partial charge in [-0.05, 0) is 71.1 Å². The maximum atomic E-state index is 6.13. The van der Waals surface area contributed by atoms with Crippen LogP contribution in [0.3, 0.4) is 0 Å². The summed E-state index contributed by atoms with van der Waals surface area (Å²) in [7, 11) is 0. The van der Waals surface area contributed by atoms with Crippen molar-refractivity contribution in [3.8, 4) is 0 Å². The van der Waals surface area contributed by atoms with Crippen molar-refractivity contribution in [1.82, 2.24) is 0 Å². The molecule has 0 aliphatic rings. The molecule has 0 aliphatic heterocycles. The first-order chi connectivity index (χ1) is 21.8. The largest absolute Gasteiger partial charge is 0.379 e. The van der Waals surface area contributed by atoms with Gasteiger partial charge >= 0.3 is 0 Å². The summed E-state index contributed by atoms with van der Waals surface area (Å²) in [5.74, 6) is 0. The molecule has 0 heterocycles. The lowest BCUT2D eigenvalue weighted by Gasteiger charge is -2.18. The monoisotopic (exact) mass is 621 g/mol. The Labute approximate surface area is 277 Å². The van der Waals surface area contributed by atoms with Crippen molar-refractivity contribution in [3.63, 3.8) is 0 Å². The second-order valence-electron chi connectivity index (χ2n) is 13.1. The third-order valence-electron chi connectivity index (χ3n) is 8.62. The van der Waals surface area contributed by atoms with Gasteiger partial charge in [0.05, 0.1) is 13.2 Å². The van der Waals surface area contributed by atoms with E-state index in [9.17, 15) is 0 Å². The van der Waals surface area contributed by atoms with Gasteiger partial charge in [-0.3, -0.25) is 0 Å². The van der Waals surface area contributed by atoms with Crippen molar-refractivity contribution in [3.05, 3.63) is 24.3 Å². The van der Waals surface area contributed by atoms with Crippen molar-refractivity contribution in [2.75, 3.05) is 33.0 Å². The van der Waals surface area contributed by atoms with Crippen LogP contribution < -0.4 is 0 Å². The molecular weight excluding hydrogens is 540 g/mol. The van der Waals surface area contributed by atoms with E-state index in [0.29, 0.717) is 13.2 Å². The molecule has 0 aliphatic carbocycles. The number of hydrogen-bond donors (Lipinski definition) is 0. The Hall–Kier alpha value is -0.640. The number of hydrogen-bond acceptors (Lipinski definition) is 3. The third kappa shape index (κ3) is 37.5. The van der Waals surface area contributed by atoms with E-state index < -0.39 is 0 Å². The topological polar surface area (TPSA) is 27.7 Å². The lowest BCUT2D eigenvalue weighted by atomic mass is 10.1. The summed E-state index contributed by atoms with van der Waals surface area (Å²) >= 11 is 0. The van der Waals surface area contributed by atoms with Gasteiger partial charge in [0.25, 0.3) is 0 Å². The number of unbranched alkanes of at least 4 members (excludes halogenated alkanes) is 24. The lowest BCUT2D eigenvalue weighted by Crippen LogP contribution is -2.26. The molecule has 0 aromatic rings. The highest BCUT2D eigenvalue weighted by molar-refractivity contribution is 4.82.